The Balaban J connectivity index is 2.85. The minimum absolute atomic E-state index is 0.144. The molecule has 0 spiro atoms. The highest BCUT2D eigenvalue weighted by Crippen LogP contribution is 2.22. The van der Waals surface area contributed by atoms with Gasteiger partial charge in [-0.1, -0.05) is 6.07 Å². The van der Waals surface area contributed by atoms with Crippen molar-refractivity contribution in [2.24, 2.45) is 0 Å². The molecular formula is C14H21FN2O2S. The first-order valence-corrected chi connectivity index (χ1v) is 7.51. The molecular weight excluding hydrogens is 279 g/mol. The number of amides is 1. The van der Waals surface area contributed by atoms with Crippen molar-refractivity contribution in [1.29, 1.82) is 0 Å². The quantitative estimate of drug-likeness (QED) is 0.898. The molecule has 0 aliphatic carbocycles. The van der Waals surface area contributed by atoms with Gasteiger partial charge in [0.25, 0.3) is 0 Å². The van der Waals surface area contributed by atoms with E-state index in [9.17, 15) is 13.4 Å². The number of nitrogens with one attached hydrogen (secondary N) is 2. The topological polar surface area (TPSA) is 58.2 Å². The molecule has 1 aromatic rings. The summed E-state index contributed by atoms with van der Waals surface area (Å²) in [6.07, 6.45) is 0. The standard InChI is InChI=1S/C14H21FN2O2S/c1-9(17-20(19)14(3,4)5)11-6-7-13(12(15)8-11)16-10(2)18/h6-9,17H,1-5H3,(H,16,18)/t9-,20-/m0/s1. The maximum atomic E-state index is 13.8. The van der Waals surface area contributed by atoms with Gasteiger partial charge in [0.1, 0.15) is 5.82 Å². The molecule has 0 aliphatic rings. The van der Waals surface area contributed by atoms with E-state index in [0.29, 0.717) is 5.56 Å². The van der Waals surface area contributed by atoms with Gasteiger partial charge in [0.05, 0.1) is 21.4 Å². The van der Waals surface area contributed by atoms with E-state index in [1.165, 1.54) is 19.1 Å². The summed E-state index contributed by atoms with van der Waals surface area (Å²) in [6, 6.07) is 4.29. The first-order chi connectivity index (χ1) is 9.11. The molecule has 6 heteroatoms. The van der Waals surface area contributed by atoms with Gasteiger partial charge in [0.2, 0.25) is 5.91 Å². The van der Waals surface area contributed by atoms with Crippen LogP contribution in [-0.2, 0) is 15.8 Å². The smallest absolute Gasteiger partial charge is 0.221 e. The molecule has 0 fully saturated rings. The van der Waals surface area contributed by atoms with E-state index in [2.05, 4.69) is 10.0 Å². The van der Waals surface area contributed by atoms with Crippen LogP contribution in [0.25, 0.3) is 0 Å². The largest absolute Gasteiger partial charge is 0.324 e. The van der Waals surface area contributed by atoms with Crippen LogP contribution in [0.3, 0.4) is 0 Å². The van der Waals surface area contributed by atoms with Gasteiger partial charge in [-0.2, -0.15) is 0 Å². The molecule has 0 radical (unpaired) electrons. The number of benzene rings is 1. The molecule has 112 valence electrons. The number of hydrogen-bond acceptors (Lipinski definition) is 2. The van der Waals surface area contributed by atoms with E-state index in [0.717, 1.165) is 0 Å². The number of anilines is 1. The van der Waals surface area contributed by atoms with Gasteiger partial charge in [-0.05, 0) is 45.4 Å². The summed E-state index contributed by atoms with van der Waals surface area (Å²) in [4.78, 5) is 10.9. The molecule has 4 nitrogen and oxygen atoms in total. The van der Waals surface area contributed by atoms with E-state index in [1.807, 2.05) is 27.7 Å². The Labute approximate surface area is 121 Å². The van der Waals surface area contributed by atoms with Crippen molar-refractivity contribution >= 4 is 22.6 Å². The van der Waals surface area contributed by atoms with Crippen molar-refractivity contribution in [2.75, 3.05) is 5.32 Å². The van der Waals surface area contributed by atoms with Gasteiger partial charge in [-0.3, -0.25) is 4.79 Å². The van der Waals surface area contributed by atoms with Crippen molar-refractivity contribution in [3.63, 3.8) is 0 Å². The summed E-state index contributed by atoms with van der Waals surface area (Å²) >= 11 is 0. The predicted molar refractivity (Wildman–Crippen MR) is 80.1 cm³/mol. The van der Waals surface area contributed by atoms with Crippen LogP contribution in [0.15, 0.2) is 18.2 Å². The van der Waals surface area contributed by atoms with Crippen LogP contribution < -0.4 is 10.0 Å². The van der Waals surface area contributed by atoms with E-state index in [-0.39, 0.29) is 22.4 Å². The summed E-state index contributed by atoms with van der Waals surface area (Å²) in [6.45, 7) is 8.73. The van der Waals surface area contributed by atoms with E-state index >= 15 is 0 Å². The SMILES string of the molecule is CC(=O)Nc1ccc([C@H](C)N[S@@](=O)C(C)(C)C)cc1F. The summed E-state index contributed by atoms with van der Waals surface area (Å²) in [5.74, 6) is -0.829. The monoisotopic (exact) mass is 300 g/mol. The molecule has 0 aliphatic heterocycles. The fourth-order valence-corrected chi connectivity index (χ4v) is 2.31. The van der Waals surface area contributed by atoms with Crippen LogP contribution >= 0.6 is 0 Å². The number of halogens is 1. The third-order valence-electron chi connectivity index (χ3n) is 2.64. The Bertz CT molecular complexity index is 526. The highest BCUT2D eigenvalue weighted by atomic mass is 32.2. The highest BCUT2D eigenvalue weighted by molar-refractivity contribution is 7.84. The lowest BCUT2D eigenvalue weighted by Gasteiger charge is -2.22. The number of hydrogen-bond donors (Lipinski definition) is 2. The van der Waals surface area contributed by atoms with Crippen LogP contribution in [0.2, 0.25) is 0 Å². The van der Waals surface area contributed by atoms with Crippen molar-refractivity contribution in [2.45, 2.75) is 45.4 Å². The Hall–Kier alpha value is -1.27. The van der Waals surface area contributed by atoms with Crippen LogP contribution in [0.4, 0.5) is 10.1 Å². The molecule has 0 saturated heterocycles. The van der Waals surface area contributed by atoms with Crippen LogP contribution in [0.1, 0.15) is 46.2 Å². The molecule has 0 bridgehead atoms. The predicted octanol–water partition coefficient (Wildman–Crippen LogP) is 2.90. The molecule has 1 amide bonds. The summed E-state index contributed by atoms with van der Waals surface area (Å²) in [5.41, 5.74) is 0.819. The number of carbonyl (C=O) groups excluding carboxylic acids is 1. The van der Waals surface area contributed by atoms with Crippen LogP contribution in [0.5, 0.6) is 0 Å². The molecule has 0 saturated carbocycles. The lowest BCUT2D eigenvalue weighted by atomic mass is 10.1. The maximum absolute atomic E-state index is 13.8. The molecule has 20 heavy (non-hydrogen) atoms. The summed E-state index contributed by atoms with van der Waals surface area (Å²) in [7, 11) is -1.23. The molecule has 2 atom stereocenters. The number of rotatable bonds is 4. The second-order valence-electron chi connectivity index (χ2n) is 5.64. The average molecular weight is 300 g/mol. The fourth-order valence-electron chi connectivity index (χ4n) is 1.50. The first-order valence-electron chi connectivity index (χ1n) is 6.36. The second kappa shape index (κ2) is 6.45. The van der Waals surface area contributed by atoms with Gasteiger partial charge in [0.15, 0.2) is 0 Å². The molecule has 1 rings (SSSR count). The minimum atomic E-state index is -1.23. The normalized spacial score (nSPS) is 14.7. The number of carbonyl (C=O) groups is 1. The van der Waals surface area contributed by atoms with E-state index in [4.69, 9.17) is 0 Å². The average Bonchev–Trinajstić information content (AvgIpc) is 2.29. The molecule has 1 aromatic carbocycles. The van der Waals surface area contributed by atoms with Crippen LogP contribution in [0, 0.1) is 5.82 Å². The van der Waals surface area contributed by atoms with Crippen molar-refractivity contribution in [3.05, 3.63) is 29.6 Å². The molecule has 2 N–H and O–H groups in total. The fraction of sp³-hybridized carbons (Fsp3) is 0.500. The minimum Gasteiger partial charge on any atom is -0.324 e. The zero-order valence-electron chi connectivity index (χ0n) is 12.4. The van der Waals surface area contributed by atoms with Crippen molar-refractivity contribution in [1.82, 2.24) is 4.72 Å². The molecule has 0 aromatic heterocycles. The first kappa shape index (κ1) is 16.8. The molecule has 0 unspecified atom stereocenters. The van der Waals surface area contributed by atoms with Gasteiger partial charge in [-0.15, -0.1) is 0 Å². The molecule has 0 heterocycles. The maximum Gasteiger partial charge on any atom is 0.221 e. The zero-order valence-corrected chi connectivity index (χ0v) is 13.2. The third-order valence-corrected chi connectivity index (χ3v) is 4.32. The van der Waals surface area contributed by atoms with Crippen LogP contribution in [-0.4, -0.2) is 14.9 Å². The van der Waals surface area contributed by atoms with Crippen molar-refractivity contribution < 1.29 is 13.4 Å². The Morgan fingerprint density at radius 1 is 1.35 bits per heavy atom. The Kier molecular flexibility index (Phi) is 5.42. The zero-order chi connectivity index (χ0) is 15.5. The third kappa shape index (κ3) is 4.68. The van der Waals surface area contributed by atoms with Gasteiger partial charge in [-0.25, -0.2) is 13.3 Å². The Morgan fingerprint density at radius 2 is 1.95 bits per heavy atom. The lowest BCUT2D eigenvalue weighted by Crippen LogP contribution is -2.34. The summed E-state index contributed by atoms with van der Waals surface area (Å²) in [5, 5.41) is 2.41. The van der Waals surface area contributed by atoms with E-state index in [1.54, 1.807) is 6.07 Å². The highest BCUT2D eigenvalue weighted by Gasteiger charge is 2.22. The Morgan fingerprint density at radius 3 is 2.40 bits per heavy atom. The van der Waals surface area contributed by atoms with E-state index < -0.39 is 16.8 Å². The lowest BCUT2D eigenvalue weighted by molar-refractivity contribution is -0.114. The van der Waals surface area contributed by atoms with Crippen molar-refractivity contribution in [3.8, 4) is 0 Å². The van der Waals surface area contributed by atoms with Gasteiger partial charge >= 0.3 is 0 Å². The van der Waals surface area contributed by atoms with Gasteiger partial charge in [0, 0.05) is 13.0 Å². The summed E-state index contributed by atoms with van der Waals surface area (Å²) < 4.78 is 28.4. The van der Waals surface area contributed by atoms with Gasteiger partial charge < -0.3 is 5.32 Å². The second-order valence-corrected chi connectivity index (χ2v) is 7.64.